The number of carbonyl (C=O) groups is 1. The Morgan fingerprint density at radius 1 is 1.18 bits per heavy atom. The number of aliphatic carboxylic acids is 1. The van der Waals surface area contributed by atoms with Crippen LogP contribution >= 0.6 is 23.2 Å². The van der Waals surface area contributed by atoms with Gasteiger partial charge in [0.25, 0.3) is 0 Å². The number of halogens is 2. The second kappa shape index (κ2) is 5.51. The van der Waals surface area contributed by atoms with Crippen LogP contribution in [0, 0.1) is 0 Å². The molecule has 22 heavy (non-hydrogen) atoms. The lowest BCUT2D eigenvalue weighted by Crippen LogP contribution is -2.10. The molecule has 0 saturated carbocycles. The van der Waals surface area contributed by atoms with Crippen LogP contribution in [0.15, 0.2) is 39.5 Å². The minimum absolute atomic E-state index is 0.0396. The molecule has 0 aliphatic heterocycles. The van der Waals surface area contributed by atoms with E-state index in [0.29, 0.717) is 16.0 Å². The molecule has 0 amide bonds. The second-order valence-electron chi connectivity index (χ2n) is 4.51. The molecule has 112 valence electrons. The molecule has 0 saturated heterocycles. The Hall–Kier alpha value is -2.24. The fraction of sp³-hybridized carbons (Fsp3) is 0.0667. The Bertz CT molecular complexity index is 961. The first-order valence-electron chi connectivity index (χ1n) is 6.16. The van der Waals surface area contributed by atoms with Gasteiger partial charge in [0, 0.05) is 11.1 Å². The molecule has 0 aliphatic carbocycles. The van der Waals surface area contributed by atoms with E-state index in [9.17, 15) is 9.59 Å². The summed E-state index contributed by atoms with van der Waals surface area (Å²) >= 11 is 12.0. The lowest BCUT2D eigenvalue weighted by Gasteiger charge is -2.08. The second-order valence-corrected chi connectivity index (χ2v) is 5.32. The highest BCUT2D eigenvalue weighted by atomic mass is 35.5. The quantitative estimate of drug-likeness (QED) is 0.736. The number of carboxylic acids is 1. The van der Waals surface area contributed by atoms with E-state index in [4.69, 9.17) is 37.5 Å². The largest absolute Gasteiger partial charge is 0.480 e. The predicted molar refractivity (Wildman–Crippen MR) is 83.1 cm³/mol. The van der Waals surface area contributed by atoms with Crippen molar-refractivity contribution in [3.05, 3.63) is 50.6 Å². The third kappa shape index (κ3) is 2.49. The van der Waals surface area contributed by atoms with Gasteiger partial charge in [-0.3, -0.25) is 4.79 Å². The monoisotopic (exact) mass is 338 g/mol. The summed E-state index contributed by atoms with van der Waals surface area (Å²) in [5.41, 5.74) is 0.172. The van der Waals surface area contributed by atoms with Crippen molar-refractivity contribution in [3.8, 4) is 5.75 Å². The first-order valence-corrected chi connectivity index (χ1v) is 6.92. The number of hydrogen-bond acceptors (Lipinski definition) is 4. The molecule has 1 aromatic heterocycles. The molecule has 1 N–H and O–H groups in total. The Labute approximate surface area is 133 Å². The minimum Gasteiger partial charge on any atom is -0.480 e. The summed E-state index contributed by atoms with van der Waals surface area (Å²) in [6.45, 7) is -0.547. The normalized spacial score (nSPS) is 11.0. The van der Waals surface area contributed by atoms with Gasteiger partial charge in [0.2, 0.25) is 5.43 Å². The van der Waals surface area contributed by atoms with Crippen LogP contribution in [-0.2, 0) is 4.79 Å². The first kappa shape index (κ1) is 14.7. The number of rotatable bonds is 3. The van der Waals surface area contributed by atoms with Gasteiger partial charge in [-0.05, 0) is 24.3 Å². The van der Waals surface area contributed by atoms with E-state index in [1.807, 2.05) is 0 Å². The number of carboxylic acid groups (broad SMARTS) is 1. The lowest BCUT2D eigenvalue weighted by molar-refractivity contribution is -0.139. The van der Waals surface area contributed by atoms with Gasteiger partial charge in [-0.2, -0.15) is 0 Å². The van der Waals surface area contributed by atoms with Gasteiger partial charge in [0.05, 0.1) is 10.8 Å². The van der Waals surface area contributed by atoms with Crippen molar-refractivity contribution < 1.29 is 19.1 Å². The van der Waals surface area contributed by atoms with Gasteiger partial charge in [-0.1, -0.05) is 23.2 Å². The Morgan fingerprint density at radius 2 is 1.91 bits per heavy atom. The molecule has 0 unspecified atom stereocenters. The standard InChI is InChI=1S/C15H8Cl2O5/c16-7-1-2-8-11(5-7)22-15-9(14(8)20)3-4-10(13(15)17)21-6-12(18)19/h1-5H,6H2,(H,18,19). The van der Waals surface area contributed by atoms with Crippen LogP contribution in [0.1, 0.15) is 0 Å². The lowest BCUT2D eigenvalue weighted by atomic mass is 10.1. The van der Waals surface area contributed by atoms with Crippen molar-refractivity contribution in [1.82, 2.24) is 0 Å². The molecule has 0 aliphatic rings. The molecular weight excluding hydrogens is 331 g/mol. The van der Waals surface area contributed by atoms with E-state index >= 15 is 0 Å². The summed E-state index contributed by atoms with van der Waals surface area (Å²) in [7, 11) is 0. The number of benzene rings is 2. The van der Waals surface area contributed by atoms with Crippen molar-refractivity contribution in [2.24, 2.45) is 0 Å². The average Bonchev–Trinajstić information content (AvgIpc) is 2.47. The Morgan fingerprint density at radius 3 is 2.64 bits per heavy atom. The number of ether oxygens (including phenoxy) is 1. The van der Waals surface area contributed by atoms with Crippen LogP contribution in [-0.4, -0.2) is 17.7 Å². The maximum absolute atomic E-state index is 12.4. The maximum atomic E-state index is 12.4. The van der Waals surface area contributed by atoms with Crippen molar-refractivity contribution in [1.29, 1.82) is 0 Å². The third-order valence-electron chi connectivity index (χ3n) is 3.06. The molecule has 0 radical (unpaired) electrons. The molecule has 0 bridgehead atoms. The van der Waals surface area contributed by atoms with Crippen LogP contribution in [0.4, 0.5) is 0 Å². The molecule has 0 fully saturated rings. The van der Waals surface area contributed by atoms with E-state index < -0.39 is 12.6 Å². The van der Waals surface area contributed by atoms with Gasteiger partial charge in [0.15, 0.2) is 12.2 Å². The minimum atomic E-state index is -1.14. The highest BCUT2D eigenvalue weighted by Gasteiger charge is 2.15. The summed E-state index contributed by atoms with van der Waals surface area (Å²) in [5.74, 6) is -1.01. The summed E-state index contributed by atoms with van der Waals surface area (Å²) in [4.78, 5) is 23.0. The summed E-state index contributed by atoms with van der Waals surface area (Å²) in [6, 6.07) is 7.60. The van der Waals surface area contributed by atoms with Crippen LogP contribution < -0.4 is 10.2 Å². The highest BCUT2D eigenvalue weighted by molar-refractivity contribution is 6.36. The van der Waals surface area contributed by atoms with Gasteiger partial charge in [-0.25, -0.2) is 4.79 Å². The molecule has 2 aromatic carbocycles. The first-order chi connectivity index (χ1) is 10.5. The van der Waals surface area contributed by atoms with Gasteiger partial charge < -0.3 is 14.3 Å². The van der Waals surface area contributed by atoms with Crippen molar-refractivity contribution in [2.75, 3.05) is 6.61 Å². The summed E-state index contributed by atoms with van der Waals surface area (Å²) in [6.07, 6.45) is 0. The van der Waals surface area contributed by atoms with Crippen LogP contribution in [0.2, 0.25) is 10.0 Å². The van der Waals surface area contributed by atoms with E-state index in [1.165, 1.54) is 18.2 Å². The van der Waals surface area contributed by atoms with E-state index in [-0.39, 0.29) is 27.2 Å². The van der Waals surface area contributed by atoms with Crippen molar-refractivity contribution >= 4 is 51.1 Å². The molecule has 0 spiro atoms. The van der Waals surface area contributed by atoms with E-state index in [0.717, 1.165) is 0 Å². The molecule has 3 rings (SSSR count). The Kier molecular flexibility index (Phi) is 3.68. The van der Waals surface area contributed by atoms with Crippen molar-refractivity contribution in [2.45, 2.75) is 0 Å². The van der Waals surface area contributed by atoms with Gasteiger partial charge in [0.1, 0.15) is 16.4 Å². The zero-order chi connectivity index (χ0) is 15.9. The SMILES string of the molecule is O=C(O)COc1ccc2c(=O)c3ccc(Cl)cc3oc2c1Cl. The highest BCUT2D eigenvalue weighted by Crippen LogP contribution is 2.33. The predicted octanol–water partition coefficient (Wildman–Crippen LogP) is 3.72. The van der Waals surface area contributed by atoms with Crippen LogP contribution in [0.5, 0.6) is 5.75 Å². The van der Waals surface area contributed by atoms with Gasteiger partial charge in [-0.15, -0.1) is 0 Å². The van der Waals surface area contributed by atoms with Gasteiger partial charge >= 0.3 is 5.97 Å². The maximum Gasteiger partial charge on any atom is 0.341 e. The zero-order valence-corrected chi connectivity index (χ0v) is 12.4. The molecular formula is C15H8Cl2O5. The molecule has 1 heterocycles. The summed E-state index contributed by atoms with van der Waals surface area (Å²) in [5, 5.41) is 9.76. The number of hydrogen-bond donors (Lipinski definition) is 1. The van der Waals surface area contributed by atoms with E-state index in [1.54, 1.807) is 12.1 Å². The Balaban J connectivity index is 2.27. The fourth-order valence-corrected chi connectivity index (χ4v) is 2.51. The topological polar surface area (TPSA) is 76.7 Å². The van der Waals surface area contributed by atoms with Crippen LogP contribution in [0.25, 0.3) is 21.9 Å². The van der Waals surface area contributed by atoms with E-state index in [2.05, 4.69) is 0 Å². The fourth-order valence-electron chi connectivity index (χ4n) is 2.09. The molecule has 0 atom stereocenters. The average molecular weight is 339 g/mol. The number of fused-ring (bicyclic) bond motifs is 2. The summed E-state index contributed by atoms with van der Waals surface area (Å²) < 4.78 is 10.7. The van der Waals surface area contributed by atoms with Crippen LogP contribution in [0.3, 0.4) is 0 Å². The zero-order valence-electron chi connectivity index (χ0n) is 10.9. The smallest absolute Gasteiger partial charge is 0.341 e. The third-order valence-corrected chi connectivity index (χ3v) is 3.65. The van der Waals surface area contributed by atoms with Crippen molar-refractivity contribution in [3.63, 3.8) is 0 Å². The molecule has 7 heteroatoms. The molecule has 5 nitrogen and oxygen atoms in total. The molecule has 3 aromatic rings.